The fourth-order valence-electron chi connectivity index (χ4n) is 2.93. The number of nitrogens with one attached hydrogen (secondary N) is 1. The van der Waals surface area contributed by atoms with Gasteiger partial charge in [0.25, 0.3) is 0 Å². The van der Waals surface area contributed by atoms with Gasteiger partial charge in [-0.3, -0.25) is 0 Å². The van der Waals surface area contributed by atoms with Crippen LogP contribution in [0.15, 0.2) is 42.5 Å². The van der Waals surface area contributed by atoms with Crippen molar-refractivity contribution in [3.05, 3.63) is 64.2 Å². The van der Waals surface area contributed by atoms with E-state index in [1.165, 1.54) is 16.7 Å². The summed E-state index contributed by atoms with van der Waals surface area (Å²) in [5.41, 5.74) is 3.75. The van der Waals surface area contributed by atoms with Gasteiger partial charge < -0.3 is 10.1 Å². The van der Waals surface area contributed by atoms with Crippen LogP contribution in [0.4, 0.5) is 0 Å². The molecule has 1 N–H and O–H groups in total. The van der Waals surface area contributed by atoms with E-state index in [-0.39, 0.29) is 11.5 Å². The molecular weight excluding hydrogens is 282 g/mol. The second-order valence-corrected chi connectivity index (χ2v) is 6.64. The van der Waals surface area contributed by atoms with Crippen LogP contribution in [0, 0.1) is 0 Å². The lowest BCUT2D eigenvalue weighted by molar-refractivity contribution is 0.291. The van der Waals surface area contributed by atoms with Crippen molar-refractivity contribution in [2.45, 2.75) is 25.3 Å². The molecule has 0 saturated carbocycles. The molecule has 0 saturated heterocycles. The van der Waals surface area contributed by atoms with Gasteiger partial charge in [-0.1, -0.05) is 43.6 Å². The number of ether oxygens (including phenoxy) is 1. The lowest BCUT2D eigenvalue weighted by Gasteiger charge is -2.21. The molecule has 110 valence electrons. The molecule has 2 aromatic carbocycles. The quantitative estimate of drug-likeness (QED) is 0.911. The Kier molecular flexibility index (Phi) is 3.68. The highest BCUT2D eigenvalue weighted by molar-refractivity contribution is 6.30. The van der Waals surface area contributed by atoms with E-state index in [0.717, 1.165) is 17.4 Å². The Hall–Kier alpha value is -1.51. The van der Waals surface area contributed by atoms with Gasteiger partial charge >= 0.3 is 0 Å². The zero-order valence-electron chi connectivity index (χ0n) is 12.6. The minimum atomic E-state index is 0.0674. The van der Waals surface area contributed by atoms with Crippen LogP contribution in [0.5, 0.6) is 5.75 Å². The van der Waals surface area contributed by atoms with Crippen molar-refractivity contribution in [3.8, 4) is 5.75 Å². The Bertz CT molecular complexity index is 666. The van der Waals surface area contributed by atoms with Crippen LogP contribution >= 0.6 is 11.6 Å². The standard InChI is InChI=1S/C18H20ClNO/c1-18(2)11-21-16-8-7-13(10-15(16)18)17(20-3)12-5-4-6-14(19)9-12/h4-10,17,20H,11H2,1-3H3. The van der Waals surface area contributed by atoms with Gasteiger partial charge in [-0.25, -0.2) is 0 Å². The molecule has 1 aliphatic heterocycles. The second-order valence-electron chi connectivity index (χ2n) is 6.20. The predicted molar refractivity (Wildman–Crippen MR) is 87.3 cm³/mol. The number of hydrogen-bond donors (Lipinski definition) is 1. The summed E-state index contributed by atoms with van der Waals surface area (Å²) in [6, 6.07) is 14.6. The molecule has 3 rings (SSSR count). The molecule has 0 amide bonds. The molecule has 2 nitrogen and oxygen atoms in total. The lowest BCUT2D eigenvalue weighted by Crippen LogP contribution is -2.20. The Morgan fingerprint density at radius 2 is 1.90 bits per heavy atom. The number of halogens is 1. The van der Waals surface area contributed by atoms with Crippen molar-refractivity contribution in [1.29, 1.82) is 0 Å². The molecular formula is C18H20ClNO. The highest BCUT2D eigenvalue weighted by atomic mass is 35.5. The largest absolute Gasteiger partial charge is 0.492 e. The molecule has 21 heavy (non-hydrogen) atoms. The van der Waals surface area contributed by atoms with Gasteiger partial charge in [0.2, 0.25) is 0 Å². The van der Waals surface area contributed by atoms with Gasteiger partial charge in [0, 0.05) is 16.0 Å². The summed E-state index contributed by atoms with van der Waals surface area (Å²) in [6.07, 6.45) is 0. The molecule has 2 aromatic rings. The molecule has 1 aliphatic rings. The van der Waals surface area contributed by atoms with E-state index < -0.39 is 0 Å². The number of benzene rings is 2. The fourth-order valence-corrected chi connectivity index (χ4v) is 3.13. The molecule has 0 bridgehead atoms. The van der Waals surface area contributed by atoms with E-state index in [1.54, 1.807) is 0 Å². The van der Waals surface area contributed by atoms with Crippen LogP contribution in [0.3, 0.4) is 0 Å². The maximum atomic E-state index is 6.12. The maximum absolute atomic E-state index is 6.12. The number of rotatable bonds is 3. The average molecular weight is 302 g/mol. The van der Waals surface area contributed by atoms with Crippen LogP contribution < -0.4 is 10.1 Å². The van der Waals surface area contributed by atoms with E-state index in [2.05, 4.69) is 43.4 Å². The van der Waals surface area contributed by atoms with Crippen molar-refractivity contribution in [2.24, 2.45) is 0 Å². The summed E-state index contributed by atoms with van der Waals surface area (Å²) in [4.78, 5) is 0. The molecule has 0 aromatic heterocycles. The third kappa shape index (κ3) is 2.66. The van der Waals surface area contributed by atoms with Gasteiger partial charge in [0.1, 0.15) is 5.75 Å². The van der Waals surface area contributed by atoms with Crippen LogP contribution in [0.1, 0.15) is 36.6 Å². The first-order valence-electron chi connectivity index (χ1n) is 7.21. The smallest absolute Gasteiger partial charge is 0.123 e. The van der Waals surface area contributed by atoms with Gasteiger partial charge in [0.15, 0.2) is 0 Å². The summed E-state index contributed by atoms with van der Waals surface area (Å²) in [7, 11) is 1.97. The van der Waals surface area contributed by atoms with Gasteiger partial charge in [0.05, 0.1) is 12.6 Å². The van der Waals surface area contributed by atoms with Crippen molar-refractivity contribution < 1.29 is 4.74 Å². The van der Waals surface area contributed by atoms with Crippen LogP contribution in [-0.4, -0.2) is 13.7 Å². The molecule has 0 aliphatic carbocycles. The van der Waals surface area contributed by atoms with E-state index in [9.17, 15) is 0 Å². The molecule has 1 heterocycles. The Balaban J connectivity index is 2.03. The zero-order valence-corrected chi connectivity index (χ0v) is 13.4. The lowest BCUT2D eigenvalue weighted by atomic mass is 9.85. The summed E-state index contributed by atoms with van der Waals surface area (Å²) < 4.78 is 5.77. The number of hydrogen-bond acceptors (Lipinski definition) is 2. The van der Waals surface area contributed by atoms with Crippen LogP contribution in [0.25, 0.3) is 0 Å². The Morgan fingerprint density at radius 1 is 1.14 bits per heavy atom. The highest BCUT2D eigenvalue weighted by Gasteiger charge is 2.32. The first-order chi connectivity index (χ1) is 10.0. The SMILES string of the molecule is CNC(c1cccc(Cl)c1)c1ccc2c(c1)C(C)(C)CO2. The van der Waals surface area contributed by atoms with Crippen LogP contribution in [-0.2, 0) is 5.41 Å². The maximum Gasteiger partial charge on any atom is 0.123 e. The molecule has 0 radical (unpaired) electrons. The fraction of sp³-hybridized carbons (Fsp3) is 0.333. The van der Waals surface area contributed by atoms with Crippen molar-refractivity contribution in [3.63, 3.8) is 0 Å². The average Bonchev–Trinajstić information content (AvgIpc) is 2.76. The predicted octanol–water partition coefficient (Wildman–Crippen LogP) is 4.32. The molecule has 3 heteroatoms. The minimum Gasteiger partial charge on any atom is -0.492 e. The molecule has 0 fully saturated rings. The third-order valence-electron chi connectivity index (χ3n) is 4.13. The van der Waals surface area contributed by atoms with Crippen LogP contribution in [0.2, 0.25) is 5.02 Å². The van der Waals surface area contributed by atoms with Gasteiger partial charge in [-0.2, -0.15) is 0 Å². The summed E-state index contributed by atoms with van der Waals surface area (Å²) in [5.74, 6) is 1.00. The van der Waals surface area contributed by atoms with E-state index in [0.29, 0.717) is 0 Å². The Labute approximate surface area is 131 Å². The molecule has 0 spiro atoms. The van der Waals surface area contributed by atoms with Gasteiger partial charge in [-0.05, 0) is 42.4 Å². The van der Waals surface area contributed by atoms with Gasteiger partial charge in [-0.15, -0.1) is 0 Å². The van der Waals surface area contributed by atoms with E-state index >= 15 is 0 Å². The van der Waals surface area contributed by atoms with Crippen molar-refractivity contribution >= 4 is 11.6 Å². The van der Waals surface area contributed by atoms with E-state index in [4.69, 9.17) is 16.3 Å². The minimum absolute atomic E-state index is 0.0674. The van der Waals surface area contributed by atoms with Crippen molar-refractivity contribution in [1.82, 2.24) is 5.32 Å². The summed E-state index contributed by atoms with van der Waals surface area (Å²) in [6.45, 7) is 5.18. The number of fused-ring (bicyclic) bond motifs is 1. The van der Waals surface area contributed by atoms with Crippen molar-refractivity contribution in [2.75, 3.05) is 13.7 Å². The van der Waals surface area contributed by atoms with E-state index in [1.807, 2.05) is 25.2 Å². The first-order valence-corrected chi connectivity index (χ1v) is 7.59. The first kappa shape index (κ1) is 14.4. The summed E-state index contributed by atoms with van der Waals surface area (Å²) in [5, 5.41) is 4.14. The Morgan fingerprint density at radius 3 is 2.62 bits per heavy atom. The molecule has 1 atom stereocenters. The second kappa shape index (κ2) is 5.36. The highest BCUT2D eigenvalue weighted by Crippen LogP contribution is 2.40. The third-order valence-corrected chi connectivity index (χ3v) is 4.36. The molecule has 1 unspecified atom stereocenters. The topological polar surface area (TPSA) is 21.3 Å². The summed E-state index contributed by atoms with van der Waals surface area (Å²) >= 11 is 6.12. The monoisotopic (exact) mass is 301 g/mol. The normalized spacial score (nSPS) is 17.1. The zero-order chi connectivity index (χ0) is 15.0.